The minimum absolute atomic E-state index is 0.608. The summed E-state index contributed by atoms with van der Waals surface area (Å²) in [5, 5.41) is 3.26. The lowest BCUT2D eigenvalue weighted by Crippen LogP contribution is -2.15. The Labute approximate surface area is 100 Å². The summed E-state index contributed by atoms with van der Waals surface area (Å²) in [6.07, 6.45) is 0. The molecule has 1 aromatic rings. The average molecular weight is 240 g/mol. The maximum Gasteiger partial charge on any atom is 0.163 e. The zero-order valence-corrected chi connectivity index (χ0v) is 9.88. The van der Waals surface area contributed by atoms with Crippen molar-refractivity contribution in [2.75, 3.05) is 25.1 Å². The van der Waals surface area contributed by atoms with Crippen LogP contribution < -0.4 is 14.8 Å². The normalized spacial score (nSPS) is 14.8. The van der Waals surface area contributed by atoms with Crippen molar-refractivity contribution in [3.05, 3.63) is 29.3 Å². The van der Waals surface area contributed by atoms with E-state index in [1.54, 1.807) is 5.54 Å². The molecule has 1 aromatic carbocycles. The van der Waals surface area contributed by atoms with Gasteiger partial charge in [0, 0.05) is 23.8 Å². The fourth-order valence-corrected chi connectivity index (χ4v) is 1.51. The number of anilines is 1. The SMILES string of the molecule is C/C(=C/Cl)CNc1ccc2c(c1)OCCO2. The molecule has 0 fully saturated rings. The second-order valence-electron chi connectivity index (χ2n) is 3.67. The maximum absolute atomic E-state index is 5.59. The highest BCUT2D eigenvalue weighted by Gasteiger charge is 2.11. The maximum atomic E-state index is 5.59. The van der Waals surface area contributed by atoms with E-state index in [4.69, 9.17) is 21.1 Å². The Balaban J connectivity index is 2.05. The molecular weight excluding hydrogens is 226 g/mol. The van der Waals surface area contributed by atoms with Crippen molar-refractivity contribution in [1.82, 2.24) is 0 Å². The number of halogens is 1. The summed E-state index contributed by atoms with van der Waals surface area (Å²) in [7, 11) is 0. The number of hydrogen-bond acceptors (Lipinski definition) is 3. The summed E-state index contributed by atoms with van der Waals surface area (Å²) in [5.41, 5.74) is 3.66. The Hall–Kier alpha value is -1.35. The molecule has 1 aliphatic rings. The van der Waals surface area contributed by atoms with Crippen molar-refractivity contribution in [1.29, 1.82) is 0 Å². The highest BCUT2D eigenvalue weighted by molar-refractivity contribution is 6.25. The fraction of sp³-hybridized carbons (Fsp3) is 0.333. The van der Waals surface area contributed by atoms with Crippen molar-refractivity contribution in [3.63, 3.8) is 0 Å². The van der Waals surface area contributed by atoms with Gasteiger partial charge < -0.3 is 14.8 Å². The molecule has 0 amide bonds. The van der Waals surface area contributed by atoms with Crippen LogP contribution in [0, 0.1) is 0 Å². The van der Waals surface area contributed by atoms with Crippen LogP contribution in [-0.4, -0.2) is 19.8 Å². The standard InChI is InChI=1S/C12H14ClNO2/c1-9(7-13)8-14-10-2-3-11-12(6-10)16-5-4-15-11/h2-3,6-7,14H,4-5,8H2,1H3/b9-7-. The molecule has 0 aromatic heterocycles. The first-order valence-corrected chi connectivity index (χ1v) is 5.62. The predicted molar refractivity (Wildman–Crippen MR) is 65.5 cm³/mol. The molecule has 0 saturated heterocycles. The van der Waals surface area contributed by atoms with Crippen LogP contribution in [0.2, 0.25) is 0 Å². The third kappa shape index (κ3) is 2.61. The molecule has 0 unspecified atom stereocenters. The van der Waals surface area contributed by atoms with Crippen molar-refractivity contribution in [2.24, 2.45) is 0 Å². The molecule has 2 rings (SSSR count). The molecule has 3 nitrogen and oxygen atoms in total. The summed E-state index contributed by atoms with van der Waals surface area (Å²) in [5.74, 6) is 1.60. The molecule has 0 aliphatic carbocycles. The average Bonchev–Trinajstić information content (AvgIpc) is 2.35. The van der Waals surface area contributed by atoms with Crippen molar-refractivity contribution in [2.45, 2.75) is 6.92 Å². The Morgan fingerprint density at radius 2 is 2.12 bits per heavy atom. The number of benzene rings is 1. The Morgan fingerprint density at radius 3 is 2.88 bits per heavy atom. The monoisotopic (exact) mass is 239 g/mol. The third-order valence-electron chi connectivity index (χ3n) is 2.30. The molecule has 0 radical (unpaired) electrons. The lowest BCUT2D eigenvalue weighted by atomic mass is 10.2. The van der Waals surface area contributed by atoms with Crippen molar-refractivity contribution < 1.29 is 9.47 Å². The van der Waals surface area contributed by atoms with Crippen LogP contribution >= 0.6 is 11.6 Å². The van der Waals surface area contributed by atoms with Crippen LogP contribution in [0.25, 0.3) is 0 Å². The summed E-state index contributed by atoms with van der Waals surface area (Å²) in [6.45, 7) is 3.92. The van der Waals surface area contributed by atoms with Gasteiger partial charge in [-0.25, -0.2) is 0 Å². The molecule has 1 heterocycles. The molecule has 86 valence electrons. The van der Waals surface area contributed by atoms with Crippen LogP contribution in [0.15, 0.2) is 29.3 Å². The van der Waals surface area contributed by atoms with Gasteiger partial charge in [0.15, 0.2) is 11.5 Å². The summed E-state index contributed by atoms with van der Waals surface area (Å²) >= 11 is 5.59. The molecule has 0 saturated carbocycles. The Morgan fingerprint density at radius 1 is 1.38 bits per heavy atom. The fourth-order valence-electron chi connectivity index (χ4n) is 1.43. The van der Waals surface area contributed by atoms with Crippen molar-refractivity contribution in [3.8, 4) is 11.5 Å². The lowest BCUT2D eigenvalue weighted by molar-refractivity contribution is 0.171. The van der Waals surface area contributed by atoms with Crippen LogP contribution in [0.4, 0.5) is 5.69 Å². The summed E-state index contributed by atoms with van der Waals surface area (Å²) < 4.78 is 10.9. The van der Waals surface area contributed by atoms with Gasteiger partial charge in [-0.1, -0.05) is 11.6 Å². The van der Waals surface area contributed by atoms with Gasteiger partial charge in [-0.2, -0.15) is 0 Å². The first kappa shape index (κ1) is 11.1. The van der Waals surface area contributed by atoms with E-state index in [0.29, 0.717) is 13.2 Å². The minimum atomic E-state index is 0.608. The first-order chi connectivity index (χ1) is 7.79. The quantitative estimate of drug-likeness (QED) is 0.880. The zero-order chi connectivity index (χ0) is 11.4. The van der Waals surface area contributed by atoms with Gasteiger partial charge in [0.2, 0.25) is 0 Å². The van der Waals surface area contributed by atoms with Gasteiger partial charge in [-0.3, -0.25) is 0 Å². The Kier molecular flexibility index (Phi) is 3.57. The van der Waals surface area contributed by atoms with E-state index >= 15 is 0 Å². The Bertz CT molecular complexity index is 404. The van der Waals surface area contributed by atoms with Crippen molar-refractivity contribution >= 4 is 17.3 Å². The van der Waals surface area contributed by atoms with Crippen LogP contribution in [0.3, 0.4) is 0 Å². The molecular formula is C12H14ClNO2. The van der Waals surface area contributed by atoms with E-state index in [1.807, 2.05) is 25.1 Å². The molecule has 1 N–H and O–H groups in total. The topological polar surface area (TPSA) is 30.5 Å². The van der Waals surface area contributed by atoms with E-state index in [1.165, 1.54) is 0 Å². The number of hydrogen-bond donors (Lipinski definition) is 1. The van der Waals surface area contributed by atoms with Gasteiger partial charge in [-0.15, -0.1) is 0 Å². The molecule has 0 spiro atoms. The minimum Gasteiger partial charge on any atom is -0.486 e. The number of nitrogens with one attached hydrogen (secondary N) is 1. The van der Waals surface area contributed by atoms with Gasteiger partial charge in [0.1, 0.15) is 13.2 Å². The smallest absolute Gasteiger partial charge is 0.163 e. The molecule has 1 aliphatic heterocycles. The van der Waals surface area contributed by atoms with Gasteiger partial charge in [-0.05, 0) is 24.6 Å². The van der Waals surface area contributed by atoms with Crippen LogP contribution in [0.5, 0.6) is 11.5 Å². The zero-order valence-electron chi connectivity index (χ0n) is 9.13. The van der Waals surface area contributed by atoms with E-state index in [9.17, 15) is 0 Å². The van der Waals surface area contributed by atoms with E-state index < -0.39 is 0 Å². The molecule has 0 bridgehead atoms. The molecule has 16 heavy (non-hydrogen) atoms. The molecule has 0 atom stereocenters. The highest BCUT2D eigenvalue weighted by atomic mass is 35.5. The van der Waals surface area contributed by atoms with Crippen LogP contribution in [-0.2, 0) is 0 Å². The molecule has 4 heteroatoms. The highest BCUT2D eigenvalue weighted by Crippen LogP contribution is 2.32. The van der Waals surface area contributed by atoms with E-state index in [2.05, 4.69) is 5.32 Å². The van der Waals surface area contributed by atoms with E-state index in [-0.39, 0.29) is 0 Å². The predicted octanol–water partition coefficient (Wildman–Crippen LogP) is 3.01. The summed E-state index contributed by atoms with van der Waals surface area (Å²) in [6, 6.07) is 5.82. The first-order valence-electron chi connectivity index (χ1n) is 5.19. The summed E-state index contributed by atoms with van der Waals surface area (Å²) in [4.78, 5) is 0. The lowest BCUT2D eigenvalue weighted by Gasteiger charge is -2.19. The van der Waals surface area contributed by atoms with Crippen LogP contribution in [0.1, 0.15) is 6.92 Å². The number of rotatable bonds is 3. The van der Waals surface area contributed by atoms with E-state index in [0.717, 1.165) is 29.3 Å². The van der Waals surface area contributed by atoms with Gasteiger partial charge >= 0.3 is 0 Å². The largest absolute Gasteiger partial charge is 0.486 e. The third-order valence-corrected chi connectivity index (χ3v) is 2.67. The number of ether oxygens (including phenoxy) is 2. The number of fused-ring (bicyclic) bond motifs is 1. The second-order valence-corrected chi connectivity index (χ2v) is 3.89. The van der Waals surface area contributed by atoms with Gasteiger partial charge in [0.05, 0.1) is 0 Å². The van der Waals surface area contributed by atoms with Gasteiger partial charge in [0.25, 0.3) is 0 Å². The second kappa shape index (κ2) is 5.12.